The number of benzene rings is 2. The average molecular weight is 346 g/mol. The molecule has 1 heterocycles. The van der Waals surface area contributed by atoms with Crippen LogP contribution < -0.4 is 5.32 Å². The van der Waals surface area contributed by atoms with Gasteiger partial charge in [0.2, 0.25) is 0 Å². The van der Waals surface area contributed by atoms with Gasteiger partial charge in [-0.05, 0) is 48.9 Å². The Hall–Kier alpha value is -2.86. The quantitative estimate of drug-likeness (QED) is 0.707. The minimum atomic E-state index is -0.881. The van der Waals surface area contributed by atoms with E-state index in [0.29, 0.717) is 5.56 Å². The zero-order valence-electron chi connectivity index (χ0n) is 12.6. The maximum Gasteiger partial charge on any atom is 0.255 e. The van der Waals surface area contributed by atoms with Gasteiger partial charge in [-0.25, -0.2) is 9.07 Å². The number of aromatic hydroxyl groups is 1. The Morgan fingerprint density at radius 2 is 1.96 bits per heavy atom. The molecule has 2 N–H and O–H groups in total. The summed E-state index contributed by atoms with van der Waals surface area (Å²) in [6, 6.07) is 9.03. The van der Waals surface area contributed by atoms with E-state index < -0.39 is 17.5 Å². The lowest BCUT2D eigenvalue weighted by Gasteiger charge is -2.10. The molecule has 24 heavy (non-hydrogen) atoms. The van der Waals surface area contributed by atoms with Crippen molar-refractivity contribution < 1.29 is 14.3 Å². The van der Waals surface area contributed by atoms with Crippen LogP contribution in [0.25, 0.3) is 5.69 Å². The van der Waals surface area contributed by atoms with Crippen LogP contribution in [0.4, 0.5) is 10.1 Å². The maximum atomic E-state index is 13.9. The minimum Gasteiger partial charge on any atom is -0.506 e. The van der Waals surface area contributed by atoms with Gasteiger partial charge in [0, 0.05) is 11.8 Å². The third kappa shape index (κ3) is 3.09. The molecule has 0 radical (unpaired) electrons. The zero-order valence-corrected chi connectivity index (χ0v) is 13.4. The second kappa shape index (κ2) is 6.33. The van der Waals surface area contributed by atoms with E-state index >= 15 is 0 Å². The molecular formula is C17H13ClFN3O2. The summed E-state index contributed by atoms with van der Waals surface area (Å²) in [4.78, 5) is 12.2. The first-order chi connectivity index (χ1) is 11.5. The molecule has 3 aromatic rings. The first kappa shape index (κ1) is 16.0. The summed E-state index contributed by atoms with van der Waals surface area (Å²) in [5.74, 6) is -1.84. The third-order valence-corrected chi connectivity index (χ3v) is 3.71. The highest BCUT2D eigenvalue weighted by molar-refractivity contribution is 6.31. The number of carbonyl (C=O) groups is 1. The molecule has 0 aliphatic heterocycles. The fourth-order valence-corrected chi connectivity index (χ4v) is 2.32. The number of aromatic nitrogens is 2. The van der Waals surface area contributed by atoms with Crippen LogP contribution in [-0.2, 0) is 0 Å². The van der Waals surface area contributed by atoms with Crippen molar-refractivity contribution in [3.05, 3.63) is 70.8 Å². The van der Waals surface area contributed by atoms with Gasteiger partial charge < -0.3 is 10.4 Å². The van der Waals surface area contributed by atoms with Crippen LogP contribution in [0.2, 0.25) is 5.02 Å². The van der Waals surface area contributed by atoms with Crippen molar-refractivity contribution in [2.45, 2.75) is 6.92 Å². The molecule has 0 saturated carbocycles. The summed E-state index contributed by atoms with van der Waals surface area (Å²) in [5.41, 5.74) is 1.76. The summed E-state index contributed by atoms with van der Waals surface area (Å²) in [6.07, 6.45) is 3.58. The Bertz CT molecular complexity index is 907. The molecule has 0 aliphatic rings. The van der Waals surface area contributed by atoms with Crippen molar-refractivity contribution in [1.82, 2.24) is 9.78 Å². The molecule has 2 aromatic carbocycles. The number of nitrogens with one attached hydrogen (secondary N) is 1. The van der Waals surface area contributed by atoms with Gasteiger partial charge in [-0.3, -0.25) is 4.79 Å². The molecule has 0 saturated heterocycles. The fraction of sp³-hybridized carbons (Fsp3) is 0.0588. The number of nitrogens with zero attached hydrogens (tertiary/aromatic N) is 2. The highest BCUT2D eigenvalue weighted by Gasteiger charge is 2.16. The zero-order chi connectivity index (χ0) is 17.3. The predicted octanol–water partition coefficient (Wildman–Crippen LogP) is 3.93. The lowest BCUT2D eigenvalue weighted by Crippen LogP contribution is -2.13. The standard InChI is InChI=1S/C17H13ClFN3O2/c1-10-8-20-22(9-10)12-4-2-11(3-5-12)17(24)21-16-14(23)7-6-13(18)15(16)19/h2-9,23H,1H3,(H,21,24). The fourth-order valence-electron chi connectivity index (χ4n) is 2.16. The summed E-state index contributed by atoms with van der Waals surface area (Å²) in [5, 5.41) is 16.0. The second-order valence-corrected chi connectivity index (χ2v) is 5.63. The molecule has 0 fully saturated rings. The molecule has 3 rings (SSSR count). The Kier molecular flexibility index (Phi) is 4.22. The first-order valence-corrected chi connectivity index (χ1v) is 7.43. The lowest BCUT2D eigenvalue weighted by molar-refractivity contribution is 0.102. The number of phenols is 1. The third-order valence-electron chi connectivity index (χ3n) is 3.42. The van der Waals surface area contributed by atoms with E-state index in [2.05, 4.69) is 10.4 Å². The van der Waals surface area contributed by atoms with E-state index in [1.165, 1.54) is 12.1 Å². The monoisotopic (exact) mass is 345 g/mol. The Balaban J connectivity index is 1.82. The van der Waals surface area contributed by atoms with Crippen LogP contribution >= 0.6 is 11.6 Å². The van der Waals surface area contributed by atoms with Crippen molar-refractivity contribution in [3.8, 4) is 11.4 Å². The predicted molar refractivity (Wildman–Crippen MR) is 89.3 cm³/mol. The molecular weight excluding hydrogens is 333 g/mol. The van der Waals surface area contributed by atoms with Crippen LogP contribution in [0, 0.1) is 12.7 Å². The summed E-state index contributed by atoms with van der Waals surface area (Å²) in [6.45, 7) is 1.93. The van der Waals surface area contributed by atoms with E-state index in [9.17, 15) is 14.3 Å². The normalized spacial score (nSPS) is 10.6. The van der Waals surface area contributed by atoms with Gasteiger partial charge in [-0.2, -0.15) is 5.10 Å². The second-order valence-electron chi connectivity index (χ2n) is 5.22. The number of aryl methyl sites for hydroxylation is 1. The Labute approximate surface area is 142 Å². The summed E-state index contributed by atoms with van der Waals surface area (Å²) in [7, 11) is 0. The topological polar surface area (TPSA) is 67.2 Å². The van der Waals surface area contributed by atoms with Gasteiger partial charge in [0.15, 0.2) is 5.82 Å². The minimum absolute atomic E-state index is 0.188. The van der Waals surface area contributed by atoms with Crippen molar-refractivity contribution in [3.63, 3.8) is 0 Å². The summed E-state index contributed by atoms with van der Waals surface area (Å²) >= 11 is 5.66. The molecule has 122 valence electrons. The molecule has 1 aromatic heterocycles. The number of phenolic OH excluding ortho intramolecular Hbond substituents is 1. The van der Waals surface area contributed by atoms with Crippen molar-refractivity contribution >= 4 is 23.2 Å². The van der Waals surface area contributed by atoms with Crippen LogP contribution in [0.15, 0.2) is 48.8 Å². The number of carbonyl (C=O) groups excluding carboxylic acids is 1. The van der Waals surface area contributed by atoms with E-state index in [4.69, 9.17) is 11.6 Å². The van der Waals surface area contributed by atoms with E-state index in [1.807, 2.05) is 13.1 Å². The van der Waals surface area contributed by atoms with Crippen LogP contribution in [0.3, 0.4) is 0 Å². The molecule has 0 aliphatic carbocycles. The Morgan fingerprint density at radius 1 is 1.25 bits per heavy atom. The SMILES string of the molecule is Cc1cnn(-c2ccc(C(=O)Nc3c(O)ccc(Cl)c3F)cc2)c1. The molecule has 0 unspecified atom stereocenters. The maximum absolute atomic E-state index is 13.9. The van der Waals surface area contributed by atoms with Gasteiger partial charge >= 0.3 is 0 Å². The summed E-state index contributed by atoms with van der Waals surface area (Å²) < 4.78 is 15.6. The largest absolute Gasteiger partial charge is 0.506 e. The molecule has 0 bridgehead atoms. The number of amides is 1. The van der Waals surface area contributed by atoms with Crippen LogP contribution in [0.5, 0.6) is 5.75 Å². The number of halogens is 2. The van der Waals surface area contributed by atoms with Crippen molar-refractivity contribution in [2.24, 2.45) is 0 Å². The van der Waals surface area contributed by atoms with E-state index in [0.717, 1.165) is 11.3 Å². The molecule has 1 amide bonds. The van der Waals surface area contributed by atoms with Gasteiger partial charge in [-0.15, -0.1) is 0 Å². The smallest absolute Gasteiger partial charge is 0.255 e. The molecule has 5 nitrogen and oxygen atoms in total. The van der Waals surface area contributed by atoms with E-state index in [1.54, 1.807) is 35.1 Å². The lowest BCUT2D eigenvalue weighted by atomic mass is 10.2. The number of rotatable bonds is 3. The van der Waals surface area contributed by atoms with Gasteiger partial charge in [0.1, 0.15) is 11.4 Å². The van der Waals surface area contributed by atoms with Gasteiger partial charge in [-0.1, -0.05) is 11.6 Å². The van der Waals surface area contributed by atoms with Crippen molar-refractivity contribution in [2.75, 3.05) is 5.32 Å². The van der Waals surface area contributed by atoms with Gasteiger partial charge in [0.05, 0.1) is 16.9 Å². The highest BCUT2D eigenvalue weighted by atomic mass is 35.5. The average Bonchev–Trinajstić information content (AvgIpc) is 3.01. The van der Waals surface area contributed by atoms with Crippen LogP contribution in [0.1, 0.15) is 15.9 Å². The van der Waals surface area contributed by atoms with Crippen LogP contribution in [-0.4, -0.2) is 20.8 Å². The number of anilines is 1. The molecule has 0 atom stereocenters. The van der Waals surface area contributed by atoms with Crippen molar-refractivity contribution in [1.29, 1.82) is 0 Å². The first-order valence-electron chi connectivity index (χ1n) is 7.06. The Morgan fingerprint density at radius 3 is 2.58 bits per heavy atom. The highest BCUT2D eigenvalue weighted by Crippen LogP contribution is 2.31. The molecule has 7 heteroatoms. The molecule has 0 spiro atoms. The number of hydrogen-bond donors (Lipinski definition) is 2. The van der Waals surface area contributed by atoms with E-state index in [-0.39, 0.29) is 10.7 Å². The van der Waals surface area contributed by atoms with Gasteiger partial charge in [0.25, 0.3) is 5.91 Å². The number of hydrogen-bond acceptors (Lipinski definition) is 3.